The van der Waals surface area contributed by atoms with Gasteiger partial charge in [0, 0.05) is 10.7 Å². The lowest BCUT2D eigenvalue weighted by atomic mass is 10.1. The maximum absolute atomic E-state index is 13.1. The highest BCUT2D eigenvalue weighted by molar-refractivity contribution is 6.30. The summed E-state index contributed by atoms with van der Waals surface area (Å²) in [6.45, 7) is 0. The van der Waals surface area contributed by atoms with Crippen LogP contribution in [0.25, 0.3) is 0 Å². The Bertz CT molecular complexity index is 565. The second-order valence-electron chi connectivity index (χ2n) is 4.59. The molecule has 0 saturated carbocycles. The van der Waals surface area contributed by atoms with Crippen molar-refractivity contribution in [3.05, 3.63) is 64.4 Å². The smallest absolute Gasteiger partial charge is 0.123 e. The SMILES string of the molecule is Fc1ccc2c(c1)CCC2Nc1ccc(Cl)cc1. The molecule has 1 unspecified atom stereocenters. The molecule has 92 valence electrons. The molecule has 0 fully saturated rings. The molecule has 2 aromatic carbocycles. The van der Waals surface area contributed by atoms with E-state index in [2.05, 4.69) is 5.32 Å². The molecule has 1 aliphatic carbocycles. The maximum Gasteiger partial charge on any atom is 0.123 e. The van der Waals surface area contributed by atoms with Crippen molar-refractivity contribution in [2.24, 2.45) is 0 Å². The minimum absolute atomic E-state index is 0.152. The molecule has 0 aromatic heterocycles. The standard InChI is InChI=1S/C15H13ClFN/c16-11-2-5-13(6-3-11)18-15-8-1-10-9-12(17)4-7-14(10)15/h2-7,9,15,18H,1,8H2. The summed E-state index contributed by atoms with van der Waals surface area (Å²) in [7, 11) is 0. The molecule has 0 spiro atoms. The van der Waals surface area contributed by atoms with Crippen LogP contribution < -0.4 is 5.32 Å². The third-order valence-electron chi connectivity index (χ3n) is 3.37. The summed E-state index contributed by atoms with van der Waals surface area (Å²) >= 11 is 5.86. The summed E-state index contributed by atoms with van der Waals surface area (Å²) in [6.07, 6.45) is 1.93. The normalized spacial score (nSPS) is 17.6. The zero-order valence-corrected chi connectivity index (χ0v) is 10.5. The molecular formula is C15H13ClFN. The lowest BCUT2D eigenvalue weighted by molar-refractivity contribution is 0.626. The maximum atomic E-state index is 13.1. The topological polar surface area (TPSA) is 12.0 Å². The first-order valence-corrected chi connectivity index (χ1v) is 6.40. The van der Waals surface area contributed by atoms with Crippen LogP contribution in [0.4, 0.5) is 10.1 Å². The highest BCUT2D eigenvalue weighted by atomic mass is 35.5. The molecule has 0 aliphatic heterocycles. The average Bonchev–Trinajstić information content (AvgIpc) is 2.74. The van der Waals surface area contributed by atoms with E-state index in [0.717, 1.165) is 29.1 Å². The van der Waals surface area contributed by atoms with E-state index in [1.807, 2.05) is 30.3 Å². The Morgan fingerprint density at radius 1 is 1.11 bits per heavy atom. The van der Waals surface area contributed by atoms with Gasteiger partial charge in [0.05, 0.1) is 6.04 Å². The lowest BCUT2D eigenvalue weighted by Gasteiger charge is -2.15. The van der Waals surface area contributed by atoms with E-state index in [9.17, 15) is 4.39 Å². The summed E-state index contributed by atoms with van der Waals surface area (Å²) in [5, 5.41) is 4.19. The molecule has 1 N–H and O–H groups in total. The Morgan fingerprint density at radius 3 is 2.67 bits per heavy atom. The number of benzene rings is 2. The van der Waals surface area contributed by atoms with Crippen LogP contribution >= 0.6 is 11.6 Å². The minimum atomic E-state index is -0.152. The van der Waals surface area contributed by atoms with Crippen molar-refractivity contribution >= 4 is 17.3 Å². The third kappa shape index (κ3) is 2.21. The fraction of sp³-hybridized carbons (Fsp3) is 0.200. The van der Waals surface area contributed by atoms with Gasteiger partial charge in [-0.3, -0.25) is 0 Å². The van der Waals surface area contributed by atoms with E-state index in [-0.39, 0.29) is 11.9 Å². The molecule has 3 heteroatoms. The van der Waals surface area contributed by atoms with Gasteiger partial charge in [0.2, 0.25) is 0 Å². The minimum Gasteiger partial charge on any atom is -0.378 e. The number of fused-ring (bicyclic) bond motifs is 1. The quantitative estimate of drug-likeness (QED) is 0.834. The Hall–Kier alpha value is -1.54. The molecule has 1 nitrogen and oxygen atoms in total. The summed E-state index contributed by atoms with van der Waals surface area (Å²) in [5.74, 6) is -0.152. The first kappa shape index (κ1) is 11.5. The van der Waals surface area contributed by atoms with Crippen LogP contribution in [0, 0.1) is 5.82 Å². The summed E-state index contributed by atoms with van der Waals surface area (Å²) in [5.41, 5.74) is 3.36. The zero-order chi connectivity index (χ0) is 12.5. The van der Waals surface area contributed by atoms with E-state index >= 15 is 0 Å². The number of nitrogens with one attached hydrogen (secondary N) is 1. The Labute approximate surface area is 111 Å². The van der Waals surface area contributed by atoms with Crippen molar-refractivity contribution in [1.82, 2.24) is 0 Å². The molecule has 1 aliphatic rings. The first-order chi connectivity index (χ1) is 8.72. The van der Waals surface area contributed by atoms with Crippen LogP contribution in [0.15, 0.2) is 42.5 Å². The van der Waals surface area contributed by atoms with Crippen LogP contribution in [-0.2, 0) is 6.42 Å². The number of aryl methyl sites for hydroxylation is 1. The van der Waals surface area contributed by atoms with Gasteiger partial charge in [-0.25, -0.2) is 4.39 Å². The van der Waals surface area contributed by atoms with Gasteiger partial charge in [-0.1, -0.05) is 17.7 Å². The van der Waals surface area contributed by atoms with Gasteiger partial charge in [0.25, 0.3) is 0 Å². The molecule has 1 atom stereocenters. The molecule has 0 heterocycles. The summed E-state index contributed by atoms with van der Waals surface area (Å²) in [6, 6.07) is 13.0. The second-order valence-corrected chi connectivity index (χ2v) is 5.02. The number of halogens is 2. The molecule has 0 amide bonds. The molecule has 18 heavy (non-hydrogen) atoms. The largest absolute Gasteiger partial charge is 0.378 e. The van der Waals surface area contributed by atoms with Crippen molar-refractivity contribution in [2.75, 3.05) is 5.32 Å². The van der Waals surface area contributed by atoms with Gasteiger partial charge < -0.3 is 5.32 Å². The van der Waals surface area contributed by atoms with Crippen molar-refractivity contribution < 1.29 is 4.39 Å². The fourth-order valence-corrected chi connectivity index (χ4v) is 2.61. The van der Waals surface area contributed by atoms with Gasteiger partial charge in [-0.05, 0) is 60.4 Å². The van der Waals surface area contributed by atoms with Gasteiger partial charge in [-0.15, -0.1) is 0 Å². The van der Waals surface area contributed by atoms with E-state index < -0.39 is 0 Å². The van der Waals surface area contributed by atoms with Crippen LogP contribution in [0.5, 0.6) is 0 Å². The van der Waals surface area contributed by atoms with Gasteiger partial charge in [0.1, 0.15) is 5.82 Å². The van der Waals surface area contributed by atoms with Gasteiger partial charge >= 0.3 is 0 Å². The Balaban J connectivity index is 1.82. The van der Waals surface area contributed by atoms with Crippen molar-refractivity contribution in [1.29, 1.82) is 0 Å². The number of hydrogen-bond acceptors (Lipinski definition) is 1. The highest BCUT2D eigenvalue weighted by Gasteiger charge is 2.22. The average molecular weight is 262 g/mol. The van der Waals surface area contributed by atoms with E-state index in [0.29, 0.717) is 0 Å². The van der Waals surface area contributed by atoms with Gasteiger partial charge in [-0.2, -0.15) is 0 Å². The fourth-order valence-electron chi connectivity index (χ4n) is 2.48. The third-order valence-corrected chi connectivity index (χ3v) is 3.62. The Morgan fingerprint density at radius 2 is 1.89 bits per heavy atom. The molecular weight excluding hydrogens is 249 g/mol. The predicted molar refractivity (Wildman–Crippen MR) is 72.5 cm³/mol. The second kappa shape index (κ2) is 4.62. The van der Waals surface area contributed by atoms with E-state index in [4.69, 9.17) is 11.6 Å². The van der Waals surface area contributed by atoms with Gasteiger partial charge in [0.15, 0.2) is 0 Å². The highest BCUT2D eigenvalue weighted by Crippen LogP contribution is 2.34. The van der Waals surface area contributed by atoms with Crippen molar-refractivity contribution in [2.45, 2.75) is 18.9 Å². The van der Waals surface area contributed by atoms with Crippen LogP contribution in [-0.4, -0.2) is 0 Å². The summed E-state index contributed by atoms with van der Waals surface area (Å²) < 4.78 is 13.1. The number of rotatable bonds is 2. The number of hydrogen-bond donors (Lipinski definition) is 1. The molecule has 0 bridgehead atoms. The lowest BCUT2D eigenvalue weighted by Crippen LogP contribution is -2.06. The van der Waals surface area contributed by atoms with Crippen LogP contribution in [0.2, 0.25) is 5.02 Å². The van der Waals surface area contributed by atoms with Crippen LogP contribution in [0.3, 0.4) is 0 Å². The molecule has 0 radical (unpaired) electrons. The van der Waals surface area contributed by atoms with Crippen LogP contribution in [0.1, 0.15) is 23.6 Å². The summed E-state index contributed by atoms with van der Waals surface area (Å²) in [4.78, 5) is 0. The first-order valence-electron chi connectivity index (χ1n) is 6.03. The molecule has 0 saturated heterocycles. The molecule has 2 aromatic rings. The van der Waals surface area contributed by atoms with Crippen molar-refractivity contribution in [3.8, 4) is 0 Å². The predicted octanol–water partition coefficient (Wildman–Crippen LogP) is 4.58. The Kier molecular flexibility index (Phi) is 2.96. The zero-order valence-electron chi connectivity index (χ0n) is 9.79. The van der Waals surface area contributed by atoms with E-state index in [1.165, 1.54) is 11.6 Å². The van der Waals surface area contributed by atoms with Crippen molar-refractivity contribution in [3.63, 3.8) is 0 Å². The van der Waals surface area contributed by atoms with E-state index in [1.54, 1.807) is 6.07 Å². The molecule has 3 rings (SSSR count). The number of anilines is 1. The monoisotopic (exact) mass is 261 g/mol.